The molecule has 2 aromatic carbocycles. The van der Waals surface area contributed by atoms with Gasteiger partial charge in [0, 0.05) is 11.6 Å². The predicted octanol–water partition coefficient (Wildman–Crippen LogP) is 3.99. The van der Waals surface area contributed by atoms with E-state index in [2.05, 4.69) is 36.5 Å². The predicted molar refractivity (Wildman–Crippen MR) is 81.7 cm³/mol. The molecule has 0 aliphatic heterocycles. The summed E-state index contributed by atoms with van der Waals surface area (Å²) in [4.78, 5) is 12.2. The number of amides is 1. The van der Waals surface area contributed by atoms with Crippen molar-refractivity contribution < 1.29 is 4.79 Å². The molecule has 2 heteroatoms. The van der Waals surface area contributed by atoms with Gasteiger partial charge in [-0.1, -0.05) is 49.4 Å². The molecule has 0 radical (unpaired) electrons. The van der Waals surface area contributed by atoms with Crippen LogP contribution in [0.5, 0.6) is 0 Å². The molecule has 0 heterocycles. The van der Waals surface area contributed by atoms with Crippen molar-refractivity contribution in [1.82, 2.24) is 0 Å². The van der Waals surface area contributed by atoms with Gasteiger partial charge in [0.2, 0.25) is 5.91 Å². The lowest BCUT2D eigenvalue weighted by molar-refractivity contribution is -0.117. The van der Waals surface area contributed by atoms with E-state index >= 15 is 0 Å². The lowest BCUT2D eigenvalue weighted by Gasteiger charge is -2.06. The molecule has 1 saturated carbocycles. The zero-order valence-electron chi connectivity index (χ0n) is 11.7. The molecule has 1 aliphatic carbocycles. The smallest absolute Gasteiger partial charge is 0.228 e. The average molecular weight is 265 g/mol. The summed E-state index contributed by atoms with van der Waals surface area (Å²) in [5.41, 5.74) is 3.43. The third kappa shape index (κ3) is 2.74. The lowest BCUT2D eigenvalue weighted by Crippen LogP contribution is -2.14. The fraction of sp³-hybridized carbons (Fsp3) is 0.278. The molecule has 102 valence electrons. The van der Waals surface area contributed by atoms with E-state index in [1.54, 1.807) is 0 Å². The van der Waals surface area contributed by atoms with Crippen LogP contribution in [0.3, 0.4) is 0 Å². The van der Waals surface area contributed by atoms with Gasteiger partial charge in [-0.05, 0) is 42.0 Å². The summed E-state index contributed by atoms with van der Waals surface area (Å²) in [6, 6.07) is 18.4. The number of rotatable bonds is 4. The molecule has 1 N–H and O–H groups in total. The zero-order chi connectivity index (χ0) is 13.9. The molecule has 0 saturated heterocycles. The number of anilines is 1. The van der Waals surface area contributed by atoms with E-state index in [9.17, 15) is 4.79 Å². The van der Waals surface area contributed by atoms with E-state index in [-0.39, 0.29) is 11.8 Å². The Morgan fingerprint density at radius 3 is 2.70 bits per heavy atom. The molecule has 0 bridgehead atoms. The maximum Gasteiger partial charge on any atom is 0.228 e. The van der Waals surface area contributed by atoms with Crippen molar-refractivity contribution in [3.05, 3.63) is 65.7 Å². The van der Waals surface area contributed by atoms with Crippen LogP contribution in [0.15, 0.2) is 54.6 Å². The van der Waals surface area contributed by atoms with Crippen LogP contribution in [-0.4, -0.2) is 5.91 Å². The van der Waals surface area contributed by atoms with Gasteiger partial charge in [-0.2, -0.15) is 0 Å². The Labute approximate surface area is 119 Å². The first-order chi connectivity index (χ1) is 9.78. The molecule has 3 rings (SSSR count). The molecule has 2 aromatic rings. The Hall–Kier alpha value is -2.09. The Bertz CT molecular complexity index is 606. The lowest BCUT2D eigenvalue weighted by atomic mass is 10.1. The summed E-state index contributed by atoms with van der Waals surface area (Å²) in [5.74, 6) is 0.667. The number of nitrogens with one attached hydrogen (secondary N) is 1. The Kier molecular flexibility index (Phi) is 3.55. The maximum atomic E-state index is 12.2. The standard InChI is InChI=1S/C18H19NO/c1-2-13-7-6-10-15(11-13)19-18(20)17-12-16(17)14-8-4-3-5-9-14/h3-11,16-17H,2,12H2,1H3,(H,19,20)/t16-,17+/m0/s1. The molecule has 1 fully saturated rings. The monoisotopic (exact) mass is 265 g/mol. The van der Waals surface area contributed by atoms with Crippen molar-refractivity contribution >= 4 is 11.6 Å². The average Bonchev–Trinajstić information content (AvgIpc) is 3.29. The first-order valence-electron chi connectivity index (χ1n) is 7.22. The van der Waals surface area contributed by atoms with Crippen LogP contribution in [0.4, 0.5) is 5.69 Å². The largest absolute Gasteiger partial charge is 0.326 e. The van der Waals surface area contributed by atoms with Crippen molar-refractivity contribution in [2.45, 2.75) is 25.7 Å². The van der Waals surface area contributed by atoms with Crippen LogP contribution in [0.1, 0.15) is 30.4 Å². The van der Waals surface area contributed by atoms with Gasteiger partial charge in [0.15, 0.2) is 0 Å². The fourth-order valence-electron chi connectivity index (χ4n) is 2.66. The number of hydrogen-bond donors (Lipinski definition) is 1. The quantitative estimate of drug-likeness (QED) is 0.889. The van der Waals surface area contributed by atoms with Crippen LogP contribution in [0.25, 0.3) is 0 Å². The van der Waals surface area contributed by atoms with Gasteiger partial charge in [-0.25, -0.2) is 0 Å². The highest BCUT2D eigenvalue weighted by Gasteiger charge is 2.43. The van der Waals surface area contributed by atoms with Gasteiger partial charge < -0.3 is 5.32 Å². The molecule has 1 amide bonds. The second-order valence-electron chi connectivity index (χ2n) is 5.40. The van der Waals surface area contributed by atoms with E-state index in [0.717, 1.165) is 18.5 Å². The minimum atomic E-state index is 0.127. The van der Waals surface area contributed by atoms with Crippen molar-refractivity contribution in [2.75, 3.05) is 5.32 Å². The van der Waals surface area contributed by atoms with E-state index in [1.165, 1.54) is 11.1 Å². The van der Waals surface area contributed by atoms with E-state index < -0.39 is 0 Å². The van der Waals surface area contributed by atoms with Gasteiger partial charge in [0.05, 0.1) is 0 Å². The second kappa shape index (κ2) is 5.49. The van der Waals surface area contributed by atoms with Crippen molar-refractivity contribution in [3.8, 4) is 0 Å². The summed E-state index contributed by atoms with van der Waals surface area (Å²) in [6.07, 6.45) is 1.95. The van der Waals surface area contributed by atoms with Gasteiger partial charge >= 0.3 is 0 Å². The minimum absolute atomic E-state index is 0.127. The third-order valence-electron chi connectivity index (χ3n) is 3.96. The molecule has 2 nitrogen and oxygen atoms in total. The first-order valence-corrected chi connectivity index (χ1v) is 7.22. The van der Waals surface area contributed by atoms with Crippen LogP contribution in [0, 0.1) is 5.92 Å². The van der Waals surface area contributed by atoms with Crippen LogP contribution in [-0.2, 0) is 11.2 Å². The fourth-order valence-corrected chi connectivity index (χ4v) is 2.66. The van der Waals surface area contributed by atoms with Crippen LogP contribution >= 0.6 is 0 Å². The number of carbonyl (C=O) groups excluding carboxylic acids is 1. The van der Waals surface area contributed by atoms with Gasteiger partial charge in [-0.15, -0.1) is 0 Å². The van der Waals surface area contributed by atoms with Crippen LogP contribution < -0.4 is 5.32 Å². The summed E-state index contributed by atoms with van der Waals surface area (Å²) in [5, 5.41) is 3.04. The van der Waals surface area contributed by atoms with E-state index in [0.29, 0.717) is 5.92 Å². The number of aryl methyl sites for hydroxylation is 1. The molecular formula is C18H19NO. The highest BCUT2D eigenvalue weighted by atomic mass is 16.2. The molecule has 2 atom stereocenters. The van der Waals surface area contributed by atoms with Gasteiger partial charge in [0.1, 0.15) is 0 Å². The van der Waals surface area contributed by atoms with Crippen molar-refractivity contribution in [2.24, 2.45) is 5.92 Å². The minimum Gasteiger partial charge on any atom is -0.326 e. The molecular weight excluding hydrogens is 246 g/mol. The third-order valence-corrected chi connectivity index (χ3v) is 3.96. The van der Waals surface area contributed by atoms with E-state index in [1.807, 2.05) is 30.3 Å². The van der Waals surface area contributed by atoms with Crippen LogP contribution in [0.2, 0.25) is 0 Å². The summed E-state index contributed by atoms with van der Waals surface area (Å²) in [6.45, 7) is 2.12. The Morgan fingerprint density at radius 2 is 1.95 bits per heavy atom. The SMILES string of the molecule is CCc1cccc(NC(=O)[C@@H]2C[C@H]2c2ccccc2)c1. The van der Waals surface area contributed by atoms with E-state index in [4.69, 9.17) is 0 Å². The molecule has 20 heavy (non-hydrogen) atoms. The summed E-state index contributed by atoms with van der Waals surface area (Å²) < 4.78 is 0. The maximum absolute atomic E-state index is 12.2. The molecule has 0 aromatic heterocycles. The topological polar surface area (TPSA) is 29.1 Å². The Balaban J connectivity index is 1.64. The molecule has 1 aliphatic rings. The van der Waals surface area contributed by atoms with Crippen molar-refractivity contribution in [1.29, 1.82) is 0 Å². The van der Waals surface area contributed by atoms with Crippen molar-refractivity contribution in [3.63, 3.8) is 0 Å². The number of benzene rings is 2. The normalized spacial score (nSPS) is 20.4. The van der Waals surface area contributed by atoms with Gasteiger partial charge in [-0.3, -0.25) is 4.79 Å². The molecule has 0 spiro atoms. The highest BCUT2D eigenvalue weighted by Crippen LogP contribution is 2.47. The number of carbonyl (C=O) groups is 1. The summed E-state index contributed by atoms with van der Waals surface area (Å²) >= 11 is 0. The number of hydrogen-bond acceptors (Lipinski definition) is 1. The zero-order valence-corrected chi connectivity index (χ0v) is 11.7. The molecule has 0 unspecified atom stereocenters. The Morgan fingerprint density at radius 1 is 1.15 bits per heavy atom. The first kappa shape index (κ1) is 12.9. The van der Waals surface area contributed by atoms with Gasteiger partial charge in [0.25, 0.3) is 0 Å². The highest BCUT2D eigenvalue weighted by molar-refractivity contribution is 5.95. The second-order valence-corrected chi connectivity index (χ2v) is 5.40. The summed E-state index contributed by atoms with van der Waals surface area (Å²) in [7, 11) is 0.